The fourth-order valence-electron chi connectivity index (χ4n) is 2.35. The molecule has 2 atom stereocenters. The van der Waals surface area contributed by atoms with E-state index in [0.29, 0.717) is 12.0 Å². The highest BCUT2D eigenvalue weighted by molar-refractivity contribution is 5.85. The molecule has 2 aromatic rings. The number of nitrogens with one attached hydrogen (secondary N) is 1. The zero-order chi connectivity index (χ0) is 12.5. The third-order valence-electron chi connectivity index (χ3n) is 3.62. The molecule has 2 unspecified atom stereocenters. The smallest absolute Gasteiger partial charge is 0.234 e. The molecule has 0 saturated carbocycles. The first kappa shape index (κ1) is 14.0. The predicted molar refractivity (Wildman–Crippen MR) is 75.8 cm³/mol. The second-order valence-electron chi connectivity index (χ2n) is 4.90. The summed E-state index contributed by atoms with van der Waals surface area (Å²) in [5.41, 5.74) is 2.72. The lowest BCUT2D eigenvalue weighted by molar-refractivity contribution is 0.351. The molecule has 4 nitrogen and oxygen atoms in total. The Morgan fingerprint density at radius 3 is 2.95 bits per heavy atom. The summed E-state index contributed by atoms with van der Waals surface area (Å²) in [5.74, 6) is 1.84. The number of fused-ring (bicyclic) bond motifs is 1. The van der Waals surface area contributed by atoms with E-state index in [1.165, 1.54) is 11.1 Å². The Hall–Kier alpha value is -1.39. The molecular weight excluding hydrogens is 262 g/mol. The van der Waals surface area contributed by atoms with Crippen LogP contribution in [0.2, 0.25) is 0 Å². The van der Waals surface area contributed by atoms with Gasteiger partial charge in [-0.3, -0.25) is 0 Å². The summed E-state index contributed by atoms with van der Waals surface area (Å²) in [5, 5.41) is 7.23. The van der Waals surface area contributed by atoms with Crippen molar-refractivity contribution in [3.63, 3.8) is 0 Å². The Labute approximate surface area is 119 Å². The van der Waals surface area contributed by atoms with Gasteiger partial charge in [0, 0.05) is 12.5 Å². The van der Waals surface area contributed by atoms with Crippen molar-refractivity contribution in [3.05, 3.63) is 47.1 Å². The minimum atomic E-state index is 0. The van der Waals surface area contributed by atoms with Crippen molar-refractivity contribution < 1.29 is 4.52 Å². The summed E-state index contributed by atoms with van der Waals surface area (Å²) in [6.07, 6.45) is 1.81. The average Bonchev–Trinajstić information content (AvgIpc) is 2.79. The molecule has 0 amide bonds. The van der Waals surface area contributed by atoms with Gasteiger partial charge in [0.25, 0.3) is 0 Å². The SMILES string of the molecule is CNC(C)Cc1noc(C2Cc3ccccc32)n1.Cl. The Morgan fingerprint density at radius 1 is 1.42 bits per heavy atom. The summed E-state index contributed by atoms with van der Waals surface area (Å²) in [4.78, 5) is 4.50. The fourth-order valence-corrected chi connectivity index (χ4v) is 2.35. The summed E-state index contributed by atoms with van der Waals surface area (Å²) in [6, 6.07) is 8.80. The van der Waals surface area contributed by atoms with Gasteiger partial charge in [0.1, 0.15) is 0 Å². The molecule has 0 bridgehead atoms. The van der Waals surface area contributed by atoms with Gasteiger partial charge in [-0.15, -0.1) is 12.4 Å². The van der Waals surface area contributed by atoms with Gasteiger partial charge in [0.15, 0.2) is 5.82 Å². The zero-order valence-corrected chi connectivity index (χ0v) is 11.9. The highest BCUT2D eigenvalue weighted by Gasteiger charge is 2.31. The zero-order valence-electron chi connectivity index (χ0n) is 11.1. The number of aromatic nitrogens is 2. The predicted octanol–water partition coefficient (Wildman–Crippen LogP) is 2.33. The first-order chi connectivity index (χ1) is 8.78. The maximum atomic E-state index is 5.38. The Kier molecular flexibility index (Phi) is 4.22. The van der Waals surface area contributed by atoms with E-state index >= 15 is 0 Å². The molecule has 0 aliphatic heterocycles. The van der Waals surface area contributed by atoms with Crippen molar-refractivity contribution in [2.24, 2.45) is 0 Å². The van der Waals surface area contributed by atoms with E-state index in [9.17, 15) is 0 Å². The van der Waals surface area contributed by atoms with Crippen molar-refractivity contribution in [1.29, 1.82) is 0 Å². The fraction of sp³-hybridized carbons (Fsp3) is 0.429. The van der Waals surface area contributed by atoms with E-state index in [4.69, 9.17) is 4.52 Å². The van der Waals surface area contributed by atoms with Crippen LogP contribution < -0.4 is 5.32 Å². The van der Waals surface area contributed by atoms with Gasteiger partial charge in [-0.2, -0.15) is 4.98 Å². The Bertz CT molecular complexity index is 555. The van der Waals surface area contributed by atoms with Crippen LogP contribution in [-0.2, 0) is 12.8 Å². The molecule has 1 aliphatic carbocycles. The highest BCUT2D eigenvalue weighted by atomic mass is 35.5. The van der Waals surface area contributed by atoms with Crippen molar-refractivity contribution in [1.82, 2.24) is 15.5 Å². The molecule has 0 radical (unpaired) electrons. The van der Waals surface area contributed by atoms with Gasteiger partial charge in [-0.25, -0.2) is 0 Å². The number of likely N-dealkylation sites (N-methyl/N-ethyl adjacent to an activating group) is 1. The molecular formula is C14H18ClN3O. The highest BCUT2D eigenvalue weighted by Crippen LogP contribution is 2.38. The maximum Gasteiger partial charge on any atom is 0.234 e. The third kappa shape index (κ3) is 2.65. The van der Waals surface area contributed by atoms with Crippen LogP contribution in [0, 0.1) is 0 Å². The van der Waals surface area contributed by atoms with Gasteiger partial charge in [-0.1, -0.05) is 29.4 Å². The van der Waals surface area contributed by atoms with Crippen LogP contribution in [0.5, 0.6) is 0 Å². The third-order valence-corrected chi connectivity index (χ3v) is 3.62. The van der Waals surface area contributed by atoms with E-state index in [0.717, 1.165) is 24.6 Å². The number of nitrogens with zero attached hydrogens (tertiary/aromatic N) is 2. The standard InChI is InChI=1S/C14H17N3O.ClH/c1-9(15-2)7-13-16-14(18-17-13)12-8-10-5-3-4-6-11(10)12;/h3-6,9,12,15H,7-8H2,1-2H3;1H. The van der Waals surface area contributed by atoms with Crippen LogP contribution >= 0.6 is 12.4 Å². The number of rotatable bonds is 4. The lowest BCUT2D eigenvalue weighted by Crippen LogP contribution is -2.24. The molecule has 5 heteroatoms. The second kappa shape index (κ2) is 5.72. The molecule has 1 aromatic heterocycles. The summed E-state index contributed by atoms with van der Waals surface area (Å²) < 4.78 is 5.38. The molecule has 0 spiro atoms. The molecule has 1 aliphatic rings. The van der Waals surface area contributed by atoms with Crippen molar-refractivity contribution >= 4 is 12.4 Å². The van der Waals surface area contributed by atoms with Crippen molar-refractivity contribution in [2.75, 3.05) is 7.05 Å². The minimum absolute atomic E-state index is 0. The molecule has 102 valence electrons. The van der Waals surface area contributed by atoms with Gasteiger partial charge in [0.2, 0.25) is 5.89 Å². The monoisotopic (exact) mass is 279 g/mol. The lowest BCUT2D eigenvalue weighted by Gasteiger charge is -2.26. The minimum Gasteiger partial charge on any atom is -0.339 e. The van der Waals surface area contributed by atoms with E-state index < -0.39 is 0 Å². The first-order valence-electron chi connectivity index (χ1n) is 6.35. The Morgan fingerprint density at radius 2 is 2.21 bits per heavy atom. The summed E-state index contributed by atoms with van der Waals surface area (Å²) >= 11 is 0. The number of benzene rings is 1. The van der Waals surface area contributed by atoms with Crippen LogP contribution in [-0.4, -0.2) is 23.2 Å². The second-order valence-corrected chi connectivity index (χ2v) is 4.90. The van der Waals surface area contributed by atoms with Gasteiger partial charge in [-0.05, 0) is 31.5 Å². The Balaban J connectivity index is 0.00000133. The van der Waals surface area contributed by atoms with Gasteiger partial charge < -0.3 is 9.84 Å². The molecule has 0 fully saturated rings. The normalized spacial score (nSPS) is 18.1. The van der Waals surface area contributed by atoms with E-state index in [-0.39, 0.29) is 12.4 Å². The van der Waals surface area contributed by atoms with Crippen LogP contribution in [0.15, 0.2) is 28.8 Å². The van der Waals surface area contributed by atoms with Crippen LogP contribution in [0.1, 0.15) is 35.7 Å². The number of hydrogen-bond acceptors (Lipinski definition) is 4. The first-order valence-corrected chi connectivity index (χ1v) is 6.35. The largest absolute Gasteiger partial charge is 0.339 e. The molecule has 0 saturated heterocycles. The van der Waals surface area contributed by atoms with E-state index in [1.807, 2.05) is 7.05 Å². The van der Waals surface area contributed by atoms with Crippen molar-refractivity contribution in [3.8, 4) is 0 Å². The molecule has 1 aromatic carbocycles. The quantitative estimate of drug-likeness (QED) is 0.933. The average molecular weight is 280 g/mol. The van der Waals surface area contributed by atoms with Crippen LogP contribution in [0.3, 0.4) is 0 Å². The lowest BCUT2D eigenvalue weighted by atomic mass is 9.77. The van der Waals surface area contributed by atoms with Crippen LogP contribution in [0.25, 0.3) is 0 Å². The van der Waals surface area contributed by atoms with E-state index in [1.54, 1.807) is 0 Å². The van der Waals surface area contributed by atoms with Gasteiger partial charge in [0.05, 0.1) is 5.92 Å². The maximum absolute atomic E-state index is 5.38. The van der Waals surface area contributed by atoms with Crippen LogP contribution in [0.4, 0.5) is 0 Å². The molecule has 3 rings (SSSR count). The molecule has 1 N–H and O–H groups in total. The molecule has 1 heterocycles. The summed E-state index contributed by atoms with van der Waals surface area (Å²) in [7, 11) is 1.94. The molecule has 19 heavy (non-hydrogen) atoms. The van der Waals surface area contributed by atoms with Crippen molar-refractivity contribution in [2.45, 2.75) is 31.7 Å². The number of halogens is 1. The van der Waals surface area contributed by atoms with E-state index in [2.05, 4.69) is 46.6 Å². The number of hydrogen-bond donors (Lipinski definition) is 1. The topological polar surface area (TPSA) is 51.0 Å². The summed E-state index contributed by atoms with van der Waals surface area (Å²) in [6.45, 7) is 2.11. The van der Waals surface area contributed by atoms with Gasteiger partial charge >= 0.3 is 0 Å².